The molecule has 2 atom stereocenters. The van der Waals surface area contributed by atoms with Gasteiger partial charge in [-0.3, -0.25) is 9.89 Å². The van der Waals surface area contributed by atoms with Crippen LogP contribution in [0.25, 0.3) is 10.9 Å². The van der Waals surface area contributed by atoms with Crippen molar-refractivity contribution in [2.24, 2.45) is 17.8 Å². The molecule has 1 saturated carbocycles. The molecule has 28 heavy (non-hydrogen) atoms. The highest BCUT2D eigenvalue weighted by molar-refractivity contribution is 5.86. The van der Waals surface area contributed by atoms with E-state index in [1.807, 2.05) is 58.9 Å². The molecule has 7 heteroatoms. The summed E-state index contributed by atoms with van der Waals surface area (Å²) in [6.07, 6.45) is -0.289. The highest BCUT2D eigenvalue weighted by Gasteiger charge is 2.61. The molecule has 2 N–H and O–H groups in total. The van der Waals surface area contributed by atoms with E-state index in [2.05, 4.69) is 15.5 Å². The Morgan fingerprint density at radius 3 is 2.43 bits per heavy atom. The first-order chi connectivity index (χ1) is 13.1. The van der Waals surface area contributed by atoms with Crippen molar-refractivity contribution in [3.63, 3.8) is 0 Å². The largest absolute Gasteiger partial charge is 0.444 e. The summed E-state index contributed by atoms with van der Waals surface area (Å²) in [5, 5.41) is 11.6. The molecule has 2 amide bonds. The van der Waals surface area contributed by atoms with Crippen LogP contribution in [0.5, 0.6) is 0 Å². The zero-order valence-electron chi connectivity index (χ0n) is 17.1. The van der Waals surface area contributed by atoms with Crippen molar-refractivity contribution in [1.82, 2.24) is 20.4 Å². The van der Waals surface area contributed by atoms with Crippen LogP contribution in [0.4, 0.5) is 4.79 Å². The number of para-hydroxylation sites is 1. The Labute approximate surface area is 164 Å². The lowest BCUT2D eigenvalue weighted by Crippen LogP contribution is -2.44. The Morgan fingerprint density at radius 1 is 1.14 bits per heavy atom. The molecular weight excluding hydrogens is 356 g/mol. The topological polar surface area (TPSA) is 87.3 Å². The van der Waals surface area contributed by atoms with Gasteiger partial charge in [-0.25, -0.2) is 4.79 Å². The number of fused-ring (bicyclic) bond motifs is 2. The summed E-state index contributed by atoms with van der Waals surface area (Å²) in [4.78, 5) is 26.8. The molecule has 1 saturated heterocycles. The Bertz CT molecular complexity index is 915. The minimum atomic E-state index is -0.561. The van der Waals surface area contributed by atoms with Crippen LogP contribution in [0, 0.1) is 17.8 Å². The second kappa shape index (κ2) is 6.22. The molecule has 150 valence electrons. The number of H-pyrrole nitrogens is 1. The van der Waals surface area contributed by atoms with Gasteiger partial charge >= 0.3 is 6.09 Å². The number of amides is 2. The zero-order chi connectivity index (χ0) is 20.3. The number of aromatic nitrogens is 2. The van der Waals surface area contributed by atoms with E-state index in [9.17, 15) is 9.59 Å². The number of hydrogen-bond acceptors (Lipinski definition) is 4. The summed E-state index contributed by atoms with van der Waals surface area (Å²) in [6, 6.07) is 7.87. The SMILES string of the molecule is CC(C)(C)OC(=O)N1CC2C(C1)C2C(=O)NC(C)(C)c1[nH]nc2ccccc12. The number of rotatable bonds is 3. The van der Waals surface area contributed by atoms with Gasteiger partial charge in [0.05, 0.1) is 16.7 Å². The van der Waals surface area contributed by atoms with Gasteiger partial charge in [-0.2, -0.15) is 5.10 Å². The third-order valence-electron chi connectivity index (χ3n) is 5.67. The summed E-state index contributed by atoms with van der Waals surface area (Å²) >= 11 is 0. The van der Waals surface area contributed by atoms with Gasteiger partial charge in [0.1, 0.15) is 5.60 Å². The first kappa shape index (κ1) is 18.8. The van der Waals surface area contributed by atoms with Crippen LogP contribution < -0.4 is 5.32 Å². The number of piperidine rings is 1. The number of ether oxygens (including phenoxy) is 1. The van der Waals surface area contributed by atoms with Gasteiger partial charge in [-0.15, -0.1) is 0 Å². The van der Waals surface area contributed by atoms with Crippen molar-refractivity contribution < 1.29 is 14.3 Å². The highest BCUT2D eigenvalue weighted by Crippen LogP contribution is 2.52. The summed E-state index contributed by atoms with van der Waals surface area (Å²) in [5.41, 5.74) is 0.723. The average Bonchev–Trinajstić information content (AvgIpc) is 2.96. The average molecular weight is 384 g/mol. The Kier molecular flexibility index (Phi) is 4.17. The normalized spacial score (nSPS) is 24.2. The van der Waals surface area contributed by atoms with Crippen LogP contribution >= 0.6 is 0 Å². The van der Waals surface area contributed by atoms with E-state index in [1.165, 1.54) is 0 Å². The Hall–Kier alpha value is -2.57. The molecule has 1 aliphatic heterocycles. The van der Waals surface area contributed by atoms with Crippen molar-refractivity contribution in [3.05, 3.63) is 30.0 Å². The van der Waals surface area contributed by atoms with Crippen LogP contribution in [-0.4, -0.2) is 45.8 Å². The molecule has 0 bridgehead atoms. The van der Waals surface area contributed by atoms with Gasteiger partial charge in [-0.1, -0.05) is 18.2 Å². The maximum Gasteiger partial charge on any atom is 0.410 e. The third-order valence-corrected chi connectivity index (χ3v) is 5.67. The molecule has 7 nitrogen and oxygen atoms in total. The lowest BCUT2D eigenvalue weighted by Gasteiger charge is -2.28. The fourth-order valence-electron chi connectivity index (χ4n) is 4.28. The van der Waals surface area contributed by atoms with Crippen LogP contribution in [0.1, 0.15) is 40.3 Å². The predicted molar refractivity (Wildman–Crippen MR) is 106 cm³/mol. The molecule has 2 unspecified atom stereocenters. The zero-order valence-corrected chi connectivity index (χ0v) is 17.1. The molecule has 0 radical (unpaired) electrons. The minimum absolute atomic E-state index is 0.0350. The van der Waals surface area contributed by atoms with Crippen LogP contribution in [-0.2, 0) is 15.1 Å². The Morgan fingerprint density at radius 2 is 1.79 bits per heavy atom. The maximum atomic E-state index is 12.9. The van der Waals surface area contributed by atoms with E-state index < -0.39 is 11.1 Å². The van der Waals surface area contributed by atoms with E-state index in [4.69, 9.17) is 4.74 Å². The molecule has 2 aromatic rings. The molecule has 1 aliphatic carbocycles. The minimum Gasteiger partial charge on any atom is -0.444 e. The van der Waals surface area contributed by atoms with E-state index in [0.29, 0.717) is 13.1 Å². The van der Waals surface area contributed by atoms with Crippen molar-refractivity contribution >= 4 is 22.9 Å². The van der Waals surface area contributed by atoms with Gasteiger partial charge in [-0.05, 0) is 52.5 Å². The summed E-state index contributed by atoms with van der Waals surface area (Å²) in [5.74, 6) is 0.457. The summed E-state index contributed by atoms with van der Waals surface area (Å²) in [7, 11) is 0. The molecule has 2 fully saturated rings. The smallest absolute Gasteiger partial charge is 0.410 e. The van der Waals surface area contributed by atoms with Gasteiger partial charge in [0.2, 0.25) is 5.91 Å². The quantitative estimate of drug-likeness (QED) is 0.852. The highest BCUT2D eigenvalue weighted by atomic mass is 16.6. The third kappa shape index (κ3) is 3.34. The van der Waals surface area contributed by atoms with Crippen LogP contribution in [0.3, 0.4) is 0 Å². The number of likely N-dealkylation sites (tertiary alicyclic amines) is 1. The van der Waals surface area contributed by atoms with Crippen molar-refractivity contribution in [2.45, 2.75) is 45.8 Å². The van der Waals surface area contributed by atoms with E-state index in [1.54, 1.807) is 4.90 Å². The lowest BCUT2D eigenvalue weighted by molar-refractivity contribution is -0.125. The molecule has 2 heterocycles. The fraction of sp³-hybridized carbons (Fsp3) is 0.571. The first-order valence-corrected chi connectivity index (χ1v) is 9.80. The second-order valence-electron chi connectivity index (χ2n) is 9.47. The molecule has 4 rings (SSSR count). The predicted octanol–water partition coefficient (Wildman–Crippen LogP) is 3.03. The number of benzene rings is 1. The number of nitrogens with one attached hydrogen (secondary N) is 2. The maximum absolute atomic E-state index is 12.9. The molecular formula is C21H28N4O3. The van der Waals surface area contributed by atoms with Crippen LogP contribution in [0.2, 0.25) is 0 Å². The summed E-state index contributed by atoms with van der Waals surface area (Å²) < 4.78 is 5.43. The molecule has 0 spiro atoms. The molecule has 1 aromatic carbocycles. The molecule has 2 aliphatic rings. The summed E-state index contributed by atoms with van der Waals surface area (Å²) in [6.45, 7) is 10.7. The number of hydrogen-bond donors (Lipinski definition) is 2. The van der Waals surface area contributed by atoms with Crippen molar-refractivity contribution in [3.8, 4) is 0 Å². The van der Waals surface area contributed by atoms with Crippen LogP contribution in [0.15, 0.2) is 24.3 Å². The van der Waals surface area contributed by atoms with Crippen molar-refractivity contribution in [1.29, 1.82) is 0 Å². The number of carbonyl (C=O) groups excluding carboxylic acids is 2. The molecule has 1 aromatic heterocycles. The number of aromatic amines is 1. The monoisotopic (exact) mass is 384 g/mol. The lowest BCUT2D eigenvalue weighted by atomic mass is 9.96. The van der Waals surface area contributed by atoms with E-state index >= 15 is 0 Å². The van der Waals surface area contributed by atoms with Gasteiger partial charge in [0.15, 0.2) is 0 Å². The number of nitrogens with zero attached hydrogens (tertiary/aromatic N) is 2. The van der Waals surface area contributed by atoms with Crippen molar-refractivity contribution in [2.75, 3.05) is 13.1 Å². The Balaban J connectivity index is 1.38. The van der Waals surface area contributed by atoms with Gasteiger partial charge in [0.25, 0.3) is 0 Å². The van der Waals surface area contributed by atoms with E-state index in [0.717, 1.165) is 16.6 Å². The first-order valence-electron chi connectivity index (χ1n) is 9.80. The standard InChI is InChI=1S/C21H28N4O3/c1-20(2,3)28-19(27)25-10-13-14(11-25)16(13)18(26)22-21(4,5)17-12-8-6-7-9-15(12)23-24-17/h6-9,13-14,16H,10-11H2,1-5H3,(H,22,26)(H,23,24). The van der Waals surface area contributed by atoms with E-state index in [-0.39, 0.29) is 29.8 Å². The van der Waals surface area contributed by atoms with Gasteiger partial charge in [0, 0.05) is 24.4 Å². The van der Waals surface area contributed by atoms with Gasteiger partial charge < -0.3 is 15.0 Å². The number of carbonyl (C=O) groups is 2. The fourth-order valence-corrected chi connectivity index (χ4v) is 4.28. The second-order valence-corrected chi connectivity index (χ2v) is 9.47.